The predicted molar refractivity (Wildman–Crippen MR) is 97.3 cm³/mol. The largest absolute Gasteiger partial charge is 0.351 e. The van der Waals surface area contributed by atoms with Crippen molar-refractivity contribution in [2.24, 2.45) is 0 Å². The predicted octanol–water partition coefficient (Wildman–Crippen LogP) is 0.818. The van der Waals surface area contributed by atoms with Gasteiger partial charge in [0, 0.05) is 17.1 Å². The molecular formula is C18H29ClN3O2+. The molecule has 134 valence electrons. The lowest BCUT2D eigenvalue weighted by Crippen LogP contribution is -3.14. The van der Waals surface area contributed by atoms with Crippen LogP contribution in [0.3, 0.4) is 0 Å². The van der Waals surface area contributed by atoms with Crippen molar-refractivity contribution in [3.63, 3.8) is 0 Å². The van der Waals surface area contributed by atoms with E-state index >= 15 is 0 Å². The van der Waals surface area contributed by atoms with Gasteiger partial charge in [-0.2, -0.15) is 0 Å². The average Bonchev–Trinajstić information content (AvgIpc) is 2.44. The quantitative estimate of drug-likeness (QED) is 0.647. The fraction of sp³-hybridized carbons (Fsp3) is 0.556. The van der Waals surface area contributed by atoms with Gasteiger partial charge in [-0.1, -0.05) is 23.7 Å². The van der Waals surface area contributed by atoms with Crippen molar-refractivity contribution >= 4 is 23.4 Å². The molecule has 1 aromatic rings. The third-order valence-corrected chi connectivity index (χ3v) is 3.70. The molecule has 6 heteroatoms. The Balaban J connectivity index is 2.35. The summed E-state index contributed by atoms with van der Waals surface area (Å²) in [5, 5.41) is 6.52. The van der Waals surface area contributed by atoms with E-state index in [1.165, 1.54) is 0 Å². The van der Waals surface area contributed by atoms with Crippen LogP contribution in [0.25, 0.3) is 0 Å². The number of carbonyl (C=O) groups is 2. The molecule has 0 radical (unpaired) electrons. The maximum atomic E-state index is 12.0. The summed E-state index contributed by atoms with van der Waals surface area (Å²) in [6.07, 6.45) is 0.734. The zero-order chi connectivity index (χ0) is 18.2. The van der Waals surface area contributed by atoms with Crippen LogP contribution in [0.2, 0.25) is 5.02 Å². The molecule has 0 aliphatic carbocycles. The van der Waals surface area contributed by atoms with E-state index in [-0.39, 0.29) is 17.4 Å². The minimum absolute atomic E-state index is 0.0360. The number of quaternary nitrogens is 1. The number of carbonyl (C=O) groups excluding carboxylic acids is 2. The second-order valence-corrected chi connectivity index (χ2v) is 7.42. The maximum Gasteiger partial charge on any atom is 0.275 e. The Morgan fingerprint density at radius 1 is 1.17 bits per heavy atom. The van der Waals surface area contributed by atoms with E-state index < -0.39 is 0 Å². The molecule has 0 bridgehead atoms. The molecule has 5 nitrogen and oxygen atoms in total. The van der Waals surface area contributed by atoms with E-state index in [0.717, 1.165) is 23.4 Å². The van der Waals surface area contributed by atoms with Crippen LogP contribution < -0.4 is 15.5 Å². The molecular weight excluding hydrogens is 326 g/mol. The molecule has 1 atom stereocenters. The zero-order valence-electron chi connectivity index (χ0n) is 15.0. The Morgan fingerprint density at radius 3 is 2.42 bits per heavy atom. The van der Waals surface area contributed by atoms with Crippen molar-refractivity contribution in [3.8, 4) is 0 Å². The standard InChI is InChI=1S/C18H28ClN3O2/c1-5-22(13-17(24)21-18(2,3)4)12-16(23)20-10-9-14-7-6-8-15(19)11-14/h6-8,11H,5,9-10,12-13H2,1-4H3,(H,20,23)(H,21,24)/p+1. The van der Waals surface area contributed by atoms with Gasteiger partial charge in [0.05, 0.1) is 6.54 Å². The highest BCUT2D eigenvalue weighted by atomic mass is 35.5. The Hall–Kier alpha value is -1.59. The number of hydrogen-bond acceptors (Lipinski definition) is 2. The number of halogens is 1. The molecule has 24 heavy (non-hydrogen) atoms. The molecule has 2 amide bonds. The van der Waals surface area contributed by atoms with E-state index in [9.17, 15) is 9.59 Å². The maximum absolute atomic E-state index is 12.0. The lowest BCUT2D eigenvalue weighted by atomic mass is 10.1. The fourth-order valence-corrected chi connectivity index (χ4v) is 2.54. The summed E-state index contributed by atoms with van der Waals surface area (Å²) in [6.45, 7) is 9.68. The van der Waals surface area contributed by atoms with Gasteiger partial charge in [-0.15, -0.1) is 0 Å². The van der Waals surface area contributed by atoms with Crippen LogP contribution in [-0.4, -0.2) is 43.5 Å². The summed E-state index contributed by atoms with van der Waals surface area (Å²) in [5.41, 5.74) is 0.835. The van der Waals surface area contributed by atoms with Crippen molar-refractivity contribution in [1.29, 1.82) is 0 Å². The molecule has 0 aromatic heterocycles. The first-order valence-corrected chi connectivity index (χ1v) is 8.73. The van der Waals surface area contributed by atoms with Crippen LogP contribution in [0.1, 0.15) is 33.3 Å². The number of nitrogens with one attached hydrogen (secondary N) is 3. The molecule has 0 aliphatic rings. The number of likely N-dealkylation sites (N-methyl/N-ethyl adjacent to an activating group) is 1. The van der Waals surface area contributed by atoms with E-state index in [1.807, 2.05) is 52.0 Å². The molecule has 0 saturated carbocycles. The summed E-state index contributed by atoms with van der Waals surface area (Å²) in [4.78, 5) is 25.0. The number of rotatable bonds is 8. The first-order valence-electron chi connectivity index (χ1n) is 8.35. The van der Waals surface area contributed by atoms with E-state index in [2.05, 4.69) is 10.6 Å². The van der Waals surface area contributed by atoms with Crippen LogP contribution in [0, 0.1) is 0 Å². The van der Waals surface area contributed by atoms with Gasteiger partial charge in [0.15, 0.2) is 13.1 Å². The topological polar surface area (TPSA) is 62.6 Å². The van der Waals surface area contributed by atoms with Gasteiger partial charge in [-0.3, -0.25) is 9.59 Å². The minimum atomic E-state index is -0.255. The average molecular weight is 355 g/mol. The smallest absolute Gasteiger partial charge is 0.275 e. The van der Waals surface area contributed by atoms with Gasteiger partial charge in [0.2, 0.25) is 0 Å². The van der Waals surface area contributed by atoms with Crippen LogP contribution >= 0.6 is 11.6 Å². The van der Waals surface area contributed by atoms with Gasteiger partial charge in [0.25, 0.3) is 11.8 Å². The summed E-state index contributed by atoms with van der Waals surface area (Å²) < 4.78 is 0. The molecule has 1 unspecified atom stereocenters. The van der Waals surface area contributed by atoms with Crippen LogP contribution in [0.4, 0.5) is 0 Å². The SMILES string of the molecule is CC[NH+](CC(=O)NCCc1cccc(Cl)c1)CC(=O)NC(C)(C)C. The zero-order valence-corrected chi connectivity index (χ0v) is 15.8. The third-order valence-electron chi connectivity index (χ3n) is 3.46. The first kappa shape index (κ1) is 20.5. The highest BCUT2D eigenvalue weighted by Gasteiger charge is 2.20. The van der Waals surface area contributed by atoms with Crippen molar-refractivity contribution < 1.29 is 14.5 Å². The Bertz CT molecular complexity index is 555. The fourth-order valence-electron chi connectivity index (χ4n) is 2.33. The lowest BCUT2D eigenvalue weighted by molar-refractivity contribution is -0.881. The normalized spacial score (nSPS) is 12.5. The van der Waals surface area contributed by atoms with E-state index in [1.54, 1.807) is 0 Å². The van der Waals surface area contributed by atoms with E-state index in [0.29, 0.717) is 24.7 Å². The summed E-state index contributed by atoms with van der Waals surface area (Å²) in [7, 11) is 0. The Kier molecular flexibility index (Phi) is 8.22. The van der Waals surface area contributed by atoms with Gasteiger partial charge in [-0.05, 0) is 51.8 Å². The van der Waals surface area contributed by atoms with Crippen LogP contribution in [0.5, 0.6) is 0 Å². The first-order chi connectivity index (χ1) is 11.2. The van der Waals surface area contributed by atoms with Crippen molar-refractivity contribution in [2.45, 2.75) is 39.7 Å². The minimum Gasteiger partial charge on any atom is -0.351 e. The highest BCUT2D eigenvalue weighted by molar-refractivity contribution is 6.30. The lowest BCUT2D eigenvalue weighted by Gasteiger charge is -2.23. The van der Waals surface area contributed by atoms with Crippen LogP contribution in [-0.2, 0) is 16.0 Å². The Labute approximate surface area is 149 Å². The van der Waals surface area contributed by atoms with Crippen molar-refractivity contribution in [2.75, 3.05) is 26.2 Å². The monoisotopic (exact) mass is 354 g/mol. The number of amides is 2. The number of hydrogen-bond donors (Lipinski definition) is 3. The summed E-state index contributed by atoms with van der Waals surface area (Å²) in [6, 6.07) is 7.61. The second-order valence-electron chi connectivity index (χ2n) is 6.99. The summed E-state index contributed by atoms with van der Waals surface area (Å²) >= 11 is 5.94. The molecule has 1 rings (SSSR count). The molecule has 0 saturated heterocycles. The molecule has 1 aromatic carbocycles. The second kappa shape index (κ2) is 9.64. The third kappa shape index (κ3) is 8.89. The van der Waals surface area contributed by atoms with Gasteiger partial charge in [-0.25, -0.2) is 0 Å². The molecule has 0 heterocycles. The molecule has 0 aliphatic heterocycles. The van der Waals surface area contributed by atoms with Crippen LogP contribution in [0.15, 0.2) is 24.3 Å². The Morgan fingerprint density at radius 2 is 1.83 bits per heavy atom. The van der Waals surface area contributed by atoms with Gasteiger partial charge >= 0.3 is 0 Å². The van der Waals surface area contributed by atoms with E-state index in [4.69, 9.17) is 11.6 Å². The molecule has 0 spiro atoms. The molecule has 3 N–H and O–H groups in total. The number of benzene rings is 1. The van der Waals surface area contributed by atoms with Gasteiger partial charge in [0.1, 0.15) is 0 Å². The van der Waals surface area contributed by atoms with Gasteiger partial charge < -0.3 is 15.5 Å². The van der Waals surface area contributed by atoms with Crippen molar-refractivity contribution in [3.05, 3.63) is 34.9 Å². The van der Waals surface area contributed by atoms with Crippen molar-refractivity contribution in [1.82, 2.24) is 10.6 Å². The molecule has 0 fully saturated rings. The highest BCUT2D eigenvalue weighted by Crippen LogP contribution is 2.10. The summed E-state index contributed by atoms with van der Waals surface area (Å²) in [5.74, 6) is -0.0801.